The number of carbonyl (C=O) groups excluding carboxylic acids is 1. The number of aryl methyl sites for hydroxylation is 1. The third-order valence-corrected chi connectivity index (χ3v) is 3.06. The van der Waals surface area contributed by atoms with Gasteiger partial charge in [0.2, 0.25) is 5.91 Å². The van der Waals surface area contributed by atoms with Crippen LogP contribution in [-0.4, -0.2) is 19.6 Å². The van der Waals surface area contributed by atoms with Crippen LogP contribution in [0.25, 0.3) is 0 Å². The molecular formula is C14H15NO2. The maximum Gasteiger partial charge on any atom is 0.228 e. The second-order valence-corrected chi connectivity index (χ2v) is 4.22. The molecule has 1 aliphatic heterocycles. The van der Waals surface area contributed by atoms with Gasteiger partial charge in [0.15, 0.2) is 0 Å². The smallest absolute Gasteiger partial charge is 0.228 e. The predicted octanol–water partition coefficient (Wildman–Crippen LogP) is 1.99. The zero-order chi connectivity index (χ0) is 12.4. The summed E-state index contributed by atoms with van der Waals surface area (Å²) in [7, 11) is 1.63. The van der Waals surface area contributed by atoms with Gasteiger partial charge in [0, 0.05) is 24.6 Å². The average molecular weight is 229 g/mol. The Balaban J connectivity index is 2.29. The Morgan fingerprint density at radius 2 is 2.29 bits per heavy atom. The fraction of sp³-hybridized carbons (Fsp3) is 0.357. The Morgan fingerprint density at radius 1 is 1.53 bits per heavy atom. The van der Waals surface area contributed by atoms with Gasteiger partial charge in [-0.3, -0.25) is 4.79 Å². The summed E-state index contributed by atoms with van der Waals surface area (Å²) in [5, 5.41) is 0. The molecule has 1 saturated heterocycles. The molecule has 17 heavy (non-hydrogen) atoms. The van der Waals surface area contributed by atoms with E-state index < -0.39 is 0 Å². The van der Waals surface area contributed by atoms with E-state index >= 15 is 0 Å². The summed E-state index contributed by atoms with van der Waals surface area (Å²) in [5.41, 5.74) is 1.95. The number of ether oxygens (including phenoxy) is 1. The van der Waals surface area contributed by atoms with E-state index in [0.29, 0.717) is 13.0 Å². The van der Waals surface area contributed by atoms with Crippen molar-refractivity contribution in [1.82, 2.24) is 0 Å². The maximum atomic E-state index is 11.8. The van der Waals surface area contributed by atoms with Crippen LogP contribution in [-0.2, 0) is 4.79 Å². The second-order valence-electron chi connectivity index (χ2n) is 4.22. The Labute approximate surface area is 101 Å². The fourth-order valence-electron chi connectivity index (χ4n) is 2.11. The minimum absolute atomic E-state index is 0.0315. The van der Waals surface area contributed by atoms with Gasteiger partial charge in [-0.05, 0) is 30.7 Å². The van der Waals surface area contributed by atoms with Crippen LogP contribution in [0.2, 0.25) is 0 Å². The summed E-state index contributed by atoms with van der Waals surface area (Å²) < 4.78 is 5.15. The molecule has 1 aromatic carbocycles. The third-order valence-electron chi connectivity index (χ3n) is 3.06. The quantitative estimate of drug-likeness (QED) is 0.726. The molecule has 1 aromatic rings. The Morgan fingerprint density at radius 3 is 2.82 bits per heavy atom. The van der Waals surface area contributed by atoms with Gasteiger partial charge < -0.3 is 9.64 Å². The number of terminal acetylenes is 1. The highest BCUT2D eigenvalue weighted by Crippen LogP contribution is 2.29. The van der Waals surface area contributed by atoms with Gasteiger partial charge in [0.25, 0.3) is 0 Å². The minimum atomic E-state index is 0.0315. The molecule has 0 saturated carbocycles. The molecule has 0 N–H and O–H groups in total. The van der Waals surface area contributed by atoms with Crippen molar-refractivity contribution < 1.29 is 9.53 Å². The van der Waals surface area contributed by atoms with E-state index in [9.17, 15) is 4.79 Å². The van der Waals surface area contributed by atoms with Gasteiger partial charge in [0.1, 0.15) is 5.75 Å². The molecule has 1 fully saturated rings. The van der Waals surface area contributed by atoms with E-state index in [2.05, 4.69) is 5.92 Å². The number of hydrogen-bond acceptors (Lipinski definition) is 2. The molecule has 88 valence electrons. The fourth-order valence-corrected chi connectivity index (χ4v) is 2.11. The SMILES string of the molecule is C#CC1CC(=O)N(c2ccc(OC)cc2C)C1. The molecule has 0 radical (unpaired) electrons. The average Bonchev–Trinajstić information content (AvgIpc) is 2.70. The molecule has 1 amide bonds. The number of benzene rings is 1. The van der Waals surface area contributed by atoms with Crippen LogP contribution in [0.15, 0.2) is 18.2 Å². The lowest BCUT2D eigenvalue weighted by atomic mass is 10.1. The summed E-state index contributed by atoms with van der Waals surface area (Å²) in [5.74, 6) is 3.58. The van der Waals surface area contributed by atoms with Crippen molar-refractivity contribution in [3.05, 3.63) is 23.8 Å². The molecule has 1 unspecified atom stereocenters. The molecule has 0 bridgehead atoms. The summed E-state index contributed by atoms with van der Waals surface area (Å²) in [4.78, 5) is 13.6. The molecule has 3 heteroatoms. The third kappa shape index (κ3) is 2.12. The van der Waals surface area contributed by atoms with Crippen molar-refractivity contribution in [2.45, 2.75) is 13.3 Å². The minimum Gasteiger partial charge on any atom is -0.497 e. The van der Waals surface area contributed by atoms with Crippen molar-refractivity contribution in [1.29, 1.82) is 0 Å². The topological polar surface area (TPSA) is 29.5 Å². The van der Waals surface area contributed by atoms with Crippen LogP contribution in [0, 0.1) is 25.2 Å². The lowest BCUT2D eigenvalue weighted by Crippen LogP contribution is -2.25. The van der Waals surface area contributed by atoms with Gasteiger partial charge in [0.05, 0.1) is 7.11 Å². The molecule has 1 aliphatic rings. The molecule has 0 aromatic heterocycles. The van der Waals surface area contributed by atoms with Crippen LogP contribution in [0.4, 0.5) is 5.69 Å². The number of hydrogen-bond donors (Lipinski definition) is 0. The second kappa shape index (κ2) is 4.50. The summed E-state index contributed by atoms with van der Waals surface area (Å²) in [6.07, 6.45) is 5.82. The predicted molar refractivity (Wildman–Crippen MR) is 67.0 cm³/mol. The first-order valence-corrected chi connectivity index (χ1v) is 5.57. The highest BCUT2D eigenvalue weighted by molar-refractivity contribution is 5.96. The van der Waals surface area contributed by atoms with E-state index in [-0.39, 0.29) is 11.8 Å². The van der Waals surface area contributed by atoms with Gasteiger partial charge >= 0.3 is 0 Å². The highest BCUT2D eigenvalue weighted by Gasteiger charge is 2.30. The molecule has 3 nitrogen and oxygen atoms in total. The Hall–Kier alpha value is -1.95. The zero-order valence-corrected chi connectivity index (χ0v) is 10.1. The lowest BCUT2D eigenvalue weighted by Gasteiger charge is -2.19. The van der Waals surface area contributed by atoms with Gasteiger partial charge in [-0.1, -0.05) is 0 Å². The van der Waals surface area contributed by atoms with Crippen molar-refractivity contribution in [3.8, 4) is 18.1 Å². The van der Waals surface area contributed by atoms with Crippen LogP contribution in [0.3, 0.4) is 0 Å². The lowest BCUT2D eigenvalue weighted by molar-refractivity contribution is -0.117. The van der Waals surface area contributed by atoms with Gasteiger partial charge in [-0.15, -0.1) is 12.3 Å². The first kappa shape index (κ1) is 11.5. The van der Waals surface area contributed by atoms with E-state index in [1.165, 1.54) is 0 Å². The number of anilines is 1. The van der Waals surface area contributed by atoms with E-state index in [4.69, 9.17) is 11.2 Å². The van der Waals surface area contributed by atoms with Crippen LogP contribution < -0.4 is 9.64 Å². The first-order chi connectivity index (χ1) is 8.15. The van der Waals surface area contributed by atoms with Crippen LogP contribution >= 0.6 is 0 Å². The maximum absolute atomic E-state index is 11.8. The van der Waals surface area contributed by atoms with E-state index in [0.717, 1.165) is 17.0 Å². The van der Waals surface area contributed by atoms with Crippen LogP contribution in [0.1, 0.15) is 12.0 Å². The largest absolute Gasteiger partial charge is 0.497 e. The summed E-state index contributed by atoms with van der Waals surface area (Å²) in [6, 6.07) is 5.69. The molecule has 0 spiro atoms. The number of rotatable bonds is 2. The molecule has 1 heterocycles. The Kier molecular flexibility index (Phi) is 3.06. The van der Waals surface area contributed by atoms with Crippen molar-refractivity contribution >= 4 is 11.6 Å². The number of amides is 1. The molecule has 0 aliphatic carbocycles. The number of carbonyl (C=O) groups is 1. The zero-order valence-electron chi connectivity index (χ0n) is 10.1. The van der Waals surface area contributed by atoms with Gasteiger partial charge in [-0.25, -0.2) is 0 Å². The molecule has 2 rings (SSSR count). The van der Waals surface area contributed by atoms with Crippen molar-refractivity contribution in [2.75, 3.05) is 18.6 Å². The standard InChI is InChI=1S/C14H15NO2/c1-4-11-8-14(16)15(9-11)13-6-5-12(17-3)7-10(13)2/h1,5-7,11H,8-9H2,2-3H3. The monoisotopic (exact) mass is 229 g/mol. The number of nitrogens with zero attached hydrogens (tertiary/aromatic N) is 1. The molecular weight excluding hydrogens is 214 g/mol. The Bertz CT molecular complexity index is 487. The normalized spacial score (nSPS) is 19.2. The summed E-state index contributed by atoms with van der Waals surface area (Å²) in [6.45, 7) is 2.58. The van der Waals surface area contributed by atoms with E-state index in [1.54, 1.807) is 12.0 Å². The first-order valence-electron chi connectivity index (χ1n) is 5.57. The summed E-state index contributed by atoms with van der Waals surface area (Å²) >= 11 is 0. The highest BCUT2D eigenvalue weighted by atomic mass is 16.5. The van der Waals surface area contributed by atoms with Crippen LogP contribution in [0.5, 0.6) is 5.75 Å². The van der Waals surface area contributed by atoms with E-state index in [1.807, 2.05) is 25.1 Å². The van der Waals surface area contributed by atoms with Crippen molar-refractivity contribution in [2.24, 2.45) is 5.92 Å². The molecule has 1 atom stereocenters. The number of methoxy groups -OCH3 is 1. The van der Waals surface area contributed by atoms with Crippen molar-refractivity contribution in [3.63, 3.8) is 0 Å². The van der Waals surface area contributed by atoms with Gasteiger partial charge in [-0.2, -0.15) is 0 Å².